The van der Waals surface area contributed by atoms with Crippen molar-refractivity contribution in [3.63, 3.8) is 0 Å². The normalized spacial score (nSPS) is 9.18. The van der Waals surface area contributed by atoms with Crippen LogP contribution in [0.3, 0.4) is 0 Å². The number of benzene rings is 1. The molecule has 2 heteroatoms. The summed E-state index contributed by atoms with van der Waals surface area (Å²) in [6, 6.07) is 8.07. The first-order valence-corrected chi connectivity index (χ1v) is 4.17. The molecule has 0 aliphatic carbocycles. The number of ether oxygens (including phenoxy) is 1. The van der Waals surface area contributed by atoms with Crippen molar-refractivity contribution in [2.24, 2.45) is 0 Å². The molecule has 0 amide bonds. The van der Waals surface area contributed by atoms with Gasteiger partial charge in [0.1, 0.15) is 0 Å². The van der Waals surface area contributed by atoms with Crippen molar-refractivity contribution >= 4 is 4.88 Å². The zero-order valence-electron chi connectivity index (χ0n) is 6.41. The molecule has 0 saturated carbocycles. The van der Waals surface area contributed by atoms with Gasteiger partial charge in [0.2, 0.25) is 0 Å². The third kappa shape index (κ3) is 2.50. The van der Waals surface area contributed by atoms with Crippen LogP contribution in [0, 0.1) is 0 Å². The van der Waals surface area contributed by atoms with Gasteiger partial charge in [-0.2, -0.15) is 0 Å². The molecule has 0 saturated heterocycles. The Morgan fingerprint density at radius 3 is 2.45 bits per heavy atom. The summed E-state index contributed by atoms with van der Waals surface area (Å²) in [6.07, 6.45) is 0.976. The molecule has 0 bridgehead atoms. The molecule has 0 heterocycles. The van der Waals surface area contributed by atoms with E-state index in [1.54, 1.807) is 7.11 Å². The summed E-state index contributed by atoms with van der Waals surface area (Å²) < 4.78 is 5.03. The average molecular weight is 186 g/mol. The van der Waals surface area contributed by atoms with E-state index in [1.807, 2.05) is 17.0 Å². The van der Waals surface area contributed by atoms with Crippen molar-refractivity contribution in [1.29, 1.82) is 0 Å². The Labute approximate surface area is 75.0 Å². The van der Waals surface area contributed by atoms with Gasteiger partial charge in [-0.1, -0.05) is 0 Å². The van der Waals surface area contributed by atoms with E-state index in [2.05, 4.69) is 28.0 Å². The first-order valence-electron chi connectivity index (χ1n) is 3.43. The van der Waals surface area contributed by atoms with Gasteiger partial charge in [0.05, 0.1) is 0 Å². The number of rotatable bonds is 3. The van der Waals surface area contributed by atoms with Crippen LogP contribution in [-0.2, 0) is 22.3 Å². The Morgan fingerprint density at radius 2 is 2.00 bits per heavy atom. The van der Waals surface area contributed by atoms with Gasteiger partial charge in [0, 0.05) is 0 Å². The standard InChI is InChI=1S/C9H10O.Cr/c1-3-8-4-6-9(10-2)7-5-8;/h1,4-7H,3H2,2H3;. The van der Waals surface area contributed by atoms with Gasteiger partial charge < -0.3 is 0 Å². The molecule has 0 aliphatic heterocycles. The van der Waals surface area contributed by atoms with E-state index in [0.29, 0.717) is 0 Å². The molecule has 11 heavy (non-hydrogen) atoms. The minimum atomic E-state index is 0.911. The van der Waals surface area contributed by atoms with E-state index < -0.39 is 0 Å². The Kier molecular flexibility index (Phi) is 3.35. The number of hydrogen-bond acceptors (Lipinski definition) is 1. The number of hydrogen-bond donors (Lipinski definition) is 0. The molecule has 0 fully saturated rings. The second kappa shape index (κ2) is 4.33. The Hall–Kier alpha value is -0.578. The molecule has 58 valence electrons. The van der Waals surface area contributed by atoms with Crippen molar-refractivity contribution in [3.8, 4) is 5.75 Å². The predicted octanol–water partition coefficient (Wildman–Crippen LogP) is 1.59. The van der Waals surface area contributed by atoms with Crippen molar-refractivity contribution in [2.75, 3.05) is 7.11 Å². The zero-order valence-corrected chi connectivity index (χ0v) is 7.69. The third-order valence-corrected chi connectivity index (χ3v) is 1.74. The van der Waals surface area contributed by atoms with E-state index in [9.17, 15) is 0 Å². The summed E-state index contributed by atoms with van der Waals surface area (Å²) in [5.74, 6) is 0.911. The molecule has 1 aromatic carbocycles. The van der Waals surface area contributed by atoms with Gasteiger partial charge in [0.15, 0.2) is 0 Å². The van der Waals surface area contributed by atoms with E-state index in [0.717, 1.165) is 12.2 Å². The van der Waals surface area contributed by atoms with Crippen LogP contribution in [0.15, 0.2) is 24.3 Å². The molecule has 0 unspecified atom stereocenters. The van der Waals surface area contributed by atoms with Crippen molar-refractivity contribution in [2.45, 2.75) is 6.42 Å². The second-order valence-electron chi connectivity index (χ2n) is 2.22. The molecule has 0 spiro atoms. The molecule has 0 radical (unpaired) electrons. The third-order valence-electron chi connectivity index (χ3n) is 1.48. The van der Waals surface area contributed by atoms with Crippen LogP contribution in [0.5, 0.6) is 5.75 Å². The molecule has 1 nitrogen and oxygen atoms in total. The fourth-order valence-electron chi connectivity index (χ4n) is 0.858. The zero-order chi connectivity index (χ0) is 8.10. The van der Waals surface area contributed by atoms with Gasteiger partial charge in [-0.3, -0.25) is 0 Å². The summed E-state index contributed by atoms with van der Waals surface area (Å²) in [4.78, 5) is 2.02. The molecule has 0 aliphatic rings. The van der Waals surface area contributed by atoms with Gasteiger partial charge in [-0.05, 0) is 0 Å². The maximum atomic E-state index is 5.03. The molecular weight excluding hydrogens is 176 g/mol. The second-order valence-corrected chi connectivity index (χ2v) is 2.74. The van der Waals surface area contributed by atoms with Crippen molar-refractivity contribution < 1.29 is 20.6 Å². The first-order chi connectivity index (χ1) is 5.36. The predicted molar refractivity (Wildman–Crippen MR) is 42.8 cm³/mol. The summed E-state index contributed by atoms with van der Waals surface area (Å²) in [6.45, 7) is 0. The quantitative estimate of drug-likeness (QED) is 0.696. The van der Waals surface area contributed by atoms with Crippen LogP contribution in [0.1, 0.15) is 5.56 Å². The maximum absolute atomic E-state index is 5.03. The summed E-state index contributed by atoms with van der Waals surface area (Å²) in [5.41, 5.74) is 1.30. The van der Waals surface area contributed by atoms with Gasteiger partial charge >= 0.3 is 74.6 Å². The van der Waals surface area contributed by atoms with Crippen LogP contribution >= 0.6 is 0 Å². The molecule has 0 aromatic heterocycles. The van der Waals surface area contributed by atoms with Crippen LogP contribution < -0.4 is 4.74 Å². The van der Waals surface area contributed by atoms with Crippen LogP contribution in [0.2, 0.25) is 0 Å². The van der Waals surface area contributed by atoms with E-state index in [-0.39, 0.29) is 0 Å². The van der Waals surface area contributed by atoms with Gasteiger partial charge in [0.25, 0.3) is 0 Å². The van der Waals surface area contributed by atoms with E-state index in [1.165, 1.54) is 5.56 Å². The Bertz CT molecular complexity index is 228. The fourth-order valence-corrected chi connectivity index (χ4v) is 1.16. The first kappa shape index (κ1) is 8.52. The van der Waals surface area contributed by atoms with Crippen LogP contribution in [0.25, 0.3) is 0 Å². The molecule has 0 atom stereocenters. The molecular formula is C9H10CrO. The molecule has 0 N–H and O–H groups in total. The minimum absolute atomic E-state index is 0.911. The molecule has 1 aromatic rings. The van der Waals surface area contributed by atoms with Crippen LogP contribution in [0.4, 0.5) is 0 Å². The number of methoxy groups -OCH3 is 1. The SMILES string of the molecule is COc1ccc(C[CH]=[Cr])cc1. The summed E-state index contributed by atoms with van der Waals surface area (Å²) in [5, 5.41) is 0. The summed E-state index contributed by atoms with van der Waals surface area (Å²) >= 11 is 2.86. The average Bonchev–Trinajstić information content (AvgIpc) is 2.07. The Balaban J connectivity index is 2.74. The summed E-state index contributed by atoms with van der Waals surface area (Å²) in [7, 11) is 1.68. The van der Waals surface area contributed by atoms with E-state index in [4.69, 9.17) is 4.74 Å². The van der Waals surface area contributed by atoms with Gasteiger partial charge in [-0.15, -0.1) is 0 Å². The van der Waals surface area contributed by atoms with Crippen molar-refractivity contribution in [3.05, 3.63) is 29.8 Å². The van der Waals surface area contributed by atoms with E-state index >= 15 is 0 Å². The topological polar surface area (TPSA) is 9.23 Å². The monoisotopic (exact) mass is 186 g/mol. The fraction of sp³-hybridized carbons (Fsp3) is 0.222. The van der Waals surface area contributed by atoms with Crippen molar-refractivity contribution in [1.82, 2.24) is 0 Å². The molecule has 1 rings (SSSR count). The van der Waals surface area contributed by atoms with Crippen LogP contribution in [-0.4, -0.2) is 12.0 Å². The van der Waals surface area contributed by atoms with Gasteiger partial charge in [-0.25, -0.2) is 0 Å². The Morgan fingerprint density at radius 1 is 1.36 bits per heavy atom.